The zero-order valence-corrected chi connectivity index (χ0v) is 13.2. The molecule has 0 saturated heterocycles. The second kappa shape index (κ2) is 6.15. The molecule has 1 aliphatic rings. The number of benzene rings is 1. The van der Waals surface area contributed by atoms with Crippen molar-refractivity contribution in [2.24, 2.45) is 11.1 Å². The van der Waals surface area contributed by atoms with Gasteiger partial charge in [-0.25, -0.2) is 13.6 Å². The maximum atomic E-state index is 12.3. The van der Waals surface area contributed by atoms with E-state index in [0.717, 1.165) is 31.6 Å². The average Bonchev–Trinajstić information content (AvgIpc) is 2.40. The zero-order valence-electron chi connectivity index (χ0n) is 12.4. The van der Waals surface area contributed by atoms with Crippen molar-refractivity contribution in [3.05, 3.63) is 29.3 Å². The third-order valence-electron chi connectivity index (χ3n) is 4.12. The van der Waals surface area contributed by atoms with Gasteiger partial charge in [-0.05, 0) is 62.3 Å². The number of sulfonamides is 1. The van der Waals surface area contributed by atoms with Gasteiger partial charge < -0.3 is 5.32 Å². The van der Waals surface area contributed by atoms with Crippen LogP contribution in [0.1, 0.15) is 48.5 Å². The van der Waals surface area contributed by atoms with Gasteiger partial charge in [0.05, 0.1) is 4.90 Å². The lowest BCUT2D eigenvalue weighted by Crippen LogP contribution is -2.37. The van der Waals surface area contributed by atoms with Crippen LogP contribution >= 0.6 is 0 Å². The quantitative estimate of drug-likeness (QED) is 0.894. The van der Waals surface area contributed by atoms with Crippen LogP contribution in [0, 0.1) is 12.8 Å². The van der Waals surface area contributed by atoms with Gasteiger partial charge >= 0.3 is 0 Å². The van der Waals surface area contributed by atoms with Crippen molar-refractivity contribution >= 4 is 15.9 Å². The Balaban J connectivity index is 2.09. The van der Waals surface area contributed by atoms with E-state index in [1.54, 1.807) is 6.92 Å². The van der Waals surface area contributed by atoms with Gasteiger partial charge in [0.2, 0.25) is 10.0 Å². The summed E-state index contributed by atoms with van der Waals surface area (Å²) in [6.45, 7) is 3.95. The van der Waals surface area contributed by atoms with Crippen molar-refractivity contribution in [2.45, 2.75) is 50.5 Å². The molecule has 1 saturated carbocycles. The lowest BCUT2D eigenvalue weighted by molar-refractivity contribution is 0.0922. The second-order valence-electron chi connectivity index (χ2n) is 5.95. The molecule has 0 unspecified atom stereocenters. The van der Waals surface area contributed by atoms with E-state index in [2.05, 4.69) is 12.2 Å². The zero-order chi connectivity index (χ0) is 15.6. The van der Waals surface area contributed by atoms with E-state index in [9.17, 15) is 13.2 Å². The summed E-state index contributed by atoms with van der Waals surface area (Å²) in [5.74, 6) is 0.585. The number of hydrogen-bond acceptors (Lipinski definition) is 3. The third-order valence-corrected chi connectivity index (χ3v) is 5.03. The highest BCUT2D eigenvalue weighted by molar-refractivity contribution is 7.89. The number of nitrogens with one attached hydrogen (secondary N) is 1. The Kier molecular flexibility index (Phi) is 4.68. The molecule has 0 heterocycles. The Bertz CT molecular complexity index is 632. The number of amides is 1. The summed E-state index contributed by atoms with van der Waals surface area (Å²) in [4.78, 5) is 12.3. The van der Waals surface area contributed by atoms with Crippen molar-refractivity contribution in [2.75, 3.05) is 0 Å². The van der Waals surface area contributed by atoms with Crippen LogP contribution in [-0.2, 0) is 10.0 Å². The molecular formula is C15H22N2O3S. The minimum Gasteiger partial charge on any atom is -0.349 e. The van der Waals surface area contributed by atoms with Gasteiger partial charge in [0.1, 0.15) is 0 Å². The topological polar surface area (TPSA) is 89.3 Å². The molecule has 5 nitrogen and oxygen atoms in total. The van der Waals surface area contributed by atoms with E-state index < -0.39 is 10.0 Å². The molecule has 1 aromatic rings. The molecule has 0 bridgehead atoms. The van der Waals surface area contributed by atoms with E-state index in [-0.39, 0.29) is 16.8 Å². The Morgan fingerprint density at radius 1 is 1.24 bits per heavy atom. The first-order chi connectivity index (χ1) is 9.77. The van der Waals surface area contributed by atoms with Gasteiger partial charge in [0, 0.05) is 11.6 Å². The highest BCUT2D eigenvalue weighted by Crippen LogP contribution is 2.24. The van der Waals surface area contributed by atoms with E-state index in [1.165, 1.54) is 18.2 Å². The predicted molar refractivity (Wildman–Crippen MR) is 81.4 cm³/mol. The van der Waals surface area contributed by atoms with Crippen LogP contribution in [0.25, 0.3) is 0 Å². The number of rotatable bonds is 3. The molecule has 0 spiro atoms. The van der Waals surface area contributed by atoms with Crippen molar-refractivity contribution in [3.8, 4) is 0 Å². The van der Waals surface area contributed by atoms with Crippen LogP contribution in [0.2, 0.25) is 0 Å². The first-order valence-electron chi connectivity index (χ1n) is 7.21. The number of carbonyl (C=O) groups is 1. The Labute approximate surface area is 126 Å². The molecule has 0 aliphatic heterocycles. The van der Waals surface area contributed by atoms with Crippen LogP contribution in [0.15, 0.2) is 23.1 Å². The summed E-state index contributed by atoms with van der Waals surface area (Å²) >= 11 is 0. The van der Waals surface area contributed by atoms with Gasteiger partial charge in [0.25, 0.3) is 5.91 Å². The molecule has 3 N–H and O–H groups in total. The highest BCUT2D eigenvalue weighted by Gasteiger charge is 2.21. The smallest absolute Gasteiger partial charge is 0.251 e. The number of aryl methyl sites for hydroxylation is 1. The summed E-state index contributed by atoms with van der Waals surface area (Å²) in [5.41, 5.74) is 1.12. The molecule has 2 rings (SSSR count). The van der Waals surface area contributed by atoms with Crippen LogP contribution in [0.4, 0.5) is 0 Å². The summed E-state index contributed by atoms with van der Waals surface area (Å²) in [6, 6.07) is 4.55. The molecule has 1 aromatic carbocycles. The van der Waals surface area contributed by atoms with Crippen molar-refractivity contribution in [1.82, 2.24) is 5.32 Å². The van der Waals surface area contributed by atoms with Crippen molar-refractivity contribution in [3.63, 3.8) is 0 Å². The van der Waals surface area contributed by atoms with Crippen molar-refractivity contribution in [1.29, 1.82) is 0 Å². The molecule has 21 heavy (non-hydrogen) atoms. The van der Waals surface area contributed by atoms with Gasteiger partial charge in [0.15, 0.2) is 0 Å². The minimum atomic E-state index is -3.73. The van der Waals surface area contributed by atoms with Crippen LogP contribution < -0.4 is 10.5 Å². The van der Waals surface area contributed by atoms with E-state index >= 15 is 0 Å². The monoisotopic (exact) mass is 310 g/mol. The first kappa shape index (κ1) is 16.0. The molecule has 0 aromatic heterocycles. The number of nitrogens with two attached hydrogens (primary N) is 1. The summed E-state index contributed by atoms with van der Waals surface area (Å²) in [7, 11) is -3.73. The fourth-order valence-corrected chi connectivity index (χ4v) is 3.33. The maximum Gasteiger partial charge on any atom is 0.251 e. The molecule has 0 radical (unpaired) electrons. The van der Waals surface area contributed by atoms with E-state index in [4.69, 9.17) is 5.14 Å². The fourth-order valence-electron chi connectivity index (χ4n) is 2.74. The first-order valence-corrected chi connectivity index (χ1v) is 8.76. The molecule has 116 valence electrons. The molecule has 1 fully saturated rings. The van der Waals surface area contributed by atoms with Gasteiger partial charge in [-0.2, -0.15) is 0 Å². The Morgan fingerprint density at radius 2 is 1.86 bits per heavy atom. The normalized spacial score (nSPS) is 22.8. The average molecular weight is 310 g/mol. The lowest BCUT2D eigenvalue weighted by atomic mass is 9.87. The molecule has 0 atom stereocenters. The third kappa shape index (κ3) is 4.04. The Morgan fingerprint density at radius 3 is 2.38 bits per heavy atom. The maximum absolute atomic E-state index is 12.3. The largest absolute Gasteiger partial charge is 0.349 e. The molecule has 1 aliphatic carbocycles. The SMILES string of the molecule is Cc1cc(S(N)(=O)=O)ccc1C(=O)NC1CCC(C)CC1. The van der Waals surface area contributed by atoms with Crippen LogP contribution in [-0.4, -0.2) is 20.4 Å². The summed E-state index contributed by atoms with van der Waals surface area (Å²) < 4.78 is 22.6. The second-order valence-corrected chi connectivity index (χ2v) is 7.51. The number of carbonyl (C=O) groups excluding carboxylic acids is 1. The summed E-state index contributed by atoms with van der Waals surface area (Å²) in [5, 5.41) is 8.12. The highest BCUT2D eigenvalue weighted by atomic mass is 32.2. The van der Waals surface area contributed by atoms with Gasteiger partial charge in [-0.1, -0.05) is 6.92 Å². The number of primary sulfonamides is 1. The number of hydrogen-bond donors (Lipinski definition) is 2. The Hall–Kier alpha value is -1.40. The van der Waals surface area contributed by atoms with E-state index in [0.29, 0.717) is 11.1 Å². The minimum absolute atomic E-state index is 0.0306. The predicted octanol–water partition coefficient (Wildman–Crippen LogP) is 1.95. The van der Waals surface area contributed by atoms with Gasteiger partial charge in [-0.15, -0.1) is 0 Å². The van der Waals surface area contributed by atoms with E-state index in [1.807, 2.05) is 0 Å². The standard InChI is InChI=1S/C15H22N2O3S/c1-10-3-5-12(6-4-10)17-15(18)14-8-7-13(9-11(14)2)21(16,19)20/h7-10,12H,3-6H2,1-2H3,(H,17,18)(H2,16,19,20). The molecule has 6 heteroatoms. The van der Waals surface area contributed by atoms with Gasteiger partial charge in [-0.3, -0.25) is 4.79 Å². The lowest BCUT2D eigenvalue weighted by Gasteiger charge is -2.27. The van der Waals surface area contributed by atoms with Crippen molar-refractivity contribution < 1.29 is 13.2 Å². The van der Waals surface area contributed by atoms with Crippen LogP contribution in [0.3, 0.4) is 0 Å². The molecule has 1 amide bonds. The van der Waals surface area contributed by atoms with Crippen LogP contribution in [0.5, 0.6) is 0 Å². The molecular weight excluding hydrogens is 288 g/mol. The fraction of sp³-hybridized carbons (Fsp3) is 0.533. The summed E-state index contributed by atoms with van der Waals surface area (Å²) in [6.07, 6.45) is 4.27.